The molecule has 1 aromatic rings. The summed E-state index contributed by atoms with van der Waals surface area (Å²) in [7, 11) is 0. The van der Waals surface area contributed by atoms with Gasteiger partial charge in [0.05, 0.1) is 12.4 Å². The zero-order chi connectivity index (χ0) is 28.1. The highest BCUT2D eigenvalue weighted by Gasteiger charge is 2.33. The summed E-state index contributed by atoms with van der Waals surface area (Å²) in [6.07, 6.45) is 3.89. The Morgan fingerprint density at radius 1 is 1.05 bits per heavy atom. The van der Waals surface area contributed by atoms with E-state index < -0.39 is 47.9 Å². The van der Waals surface area contributed by atoms with E-state index in [9.17, 15) is 24.3 Å². The molecule has 1 rings (SSSR count). The van der Waals surface area contributed by atoms with Crippen LogP contribution in [-0.4, -0.2) is 75.4 Å². The Labute approximate surface area is 216 Å². The predicted molar refractivity (Wildman–Crippen MR) is 138 cm³/mol. The van der Waals surface area contributed by atoms with Gasteiger partial charge in [0.1, 0.15) is 18.1 Å². The van der Waals surface area contributed by atoms with Crippen LogP contribution in [0.15, 0.2) is 17.5 Å². The number of carbonyl (C=O) groups excluding carboxylic acids is 3. The van der Waals surface area contributed by atoms with E-state index in [0.717, 1.165) is 0 Å². The summed E-state index contributed by atoms with van der Waals surface area (Å²) in [6.45, 7) is 7.46. The number of aliphatic imine (C=N–C) groups is 1. The minimum absolute atomic E-state index is 0.0184. The van der Waals surface area contributed by atoms with E-state index in [-0.39, 0.29) is 37.2 Å². The second-order valence-corrected chi connectivity index (χ2v) is 9.33. The molecule has 11 N–H and O–H groups in total. The van der Waals surface area contributed by atoms with E-state index in [1.165, 1.54) is 12.5 Å². The second kappa shape index (κ2) is 15.4. The Morgan fingerprint density at radius 3 is 2.22 bits per heavy atom. The third-order valence-electron chi connectivity index (χ3n) is 5.99. The lowest BCUT2D eigenvalue weighted by atomic mass is 9.96. The first-order valence-electron chi connectivity index (χ1n) is 12.3. The number of nitrogens with two attached hydrogens (primary N) is 3. The van der Waals surface area contributed by atoms with Crippen LogP contribution in [-0.2, 0) is 25.6 Å². The molecule has 0 aliphatic rings. The maximum absolute atomic E-state index is 13.3. The van der Waals surface area contributed by atoms with Gasteiger partial charge in [0.2, 0.25) is 17.7 Å². The number of amides is 3. The third kappa shape index (κ3) is 10.9. The molecule has 5 unspecified atom stereocenters. The molecule has 0 radical (unpaired) electrons. The second-order valence-electron chi connectivity index (χ2n) is 9.33. The quantitative estimate of drug-likeness (QED) is 0.0718. The van der Waals surface area contributed by atoms with Crippen LogP contribution in [0.1, 0.15) is 52.7 Å². The van der Waals surface area contributed by atoms with E-state index in [2.05, 4.69) is 30.9 Å². The molecule has 14 nitrogen and oxygen atoms in total. The van der Waals surface area contributed by atoms with Gasteiger partial charge >= 0.3 is 5.97 Å². The Kier molecular flexibility index (Phi) is 13.1. The van der Waals surface area contributed by atoms with E-state index in [1.54, 1.807) is 20.8 Å². The molecule has 0 aliphatic carbocycles. The first kappa shape index (κ1) is 31.4. The van der Waals surface area contributed by atoms with E-state index >= 15 is 0 Å². The number of H-pyrrole nitrogens is 1. The molecule has 0 saturated carbocycles. The number of carboxylic acid groups (broad SMARTS) is 1. The van der Waals surface area contributed by atoms with Gasteiger partial charge in [0.25, 0.3) is 0 Å². The zero-order valence-electron chi connectivity index (χ0n) is 21.9. The van der Waals surface area contributed by atoms with E-state index in [0.29, 0.717) is 18.5 Å². The fraction of sp³-hybridized carbons (Fsp3) is 0.652. The van der Waals surface area contributed by atoms with Gasteiger partial charge in [-0.2, -0.15) is 0 Å². The van der Waals surface area contributed by atoms with Crippen LogP contribution in [0.25, 0.3) is 0 Å². The van der Waals surface area contributed by atoms with Crippen LogP contribution in [0.2, 0.25) is 0 Å². The maximum atomic E-state index is 13.3. The molecule has 0 bridgehead atoms. The number of guanidine groups is 1. The van der Waals surface area contributed by atoms with Gasteiger partial charge in [0.15, 0.2) is 5.96 Å². The fourth-order valence-corrected chi connectivity index (χ4v) is 3.37. The Morgan fingerprint density at radius 2 is 1.70 bits per heavy atom. The zero-order valence-corrected chi connectivity index (χ0v) is 21.9. The Bertz CT molecular complexity index is 916. The largest absolute Gasteiger partial charge is 0.480 e. The standard InChI is InChI=1S/C23H41N9O5/c1-5-13(4)18(32-20(34)17(24)12(2)3)21(35)31-16(9-14-10-27-11-29-14)19(33)30-15(22(36)37)7-6-8-28-23(25)26/h10-13,15-18H,5-9,24H2,1-4H3,(H,27,29)(H,30,33)(H,31,35)(H,32,34)(H,36,37)(H4,25,26,28). The third-order valence-corrected chi connectivity index (χ3v) is 5.99. The number of aromatic nitrogens is 2. The van der Waals surface area contributed by atoms with Crippen LogP contribution >= 0.6 is 0 Å². The molecule has 1 aromatic heterocycles. The number of nitrogens with one attached hydrogen (secondary N) is 4. The Balaban J connectivity index is 3.06. The van der Waals surface area contributed by atoms with Crippen molar-refractivity contribution in [3.63, 3.8) is 0 Å². The predicted octanol–water partition coefficient (Wildman–Crippen LogP) is -1.43. The number of nitrogens with zero attached hydrogens (tertiary/aromatic N) is 2. The molecule has 0 aliphatic heterocycles. The van der Waals surface area contributed by atoms with Crippen molar-refractivity contribution < 1.29 is 24.3 Å². The summed E-state index contributed by atoms with van der Waals surface area (Å²) >= 11 is 0. The SMILES string of the molecule is CCC(C)C(NC(=O)C(N)C(C)C)C(=O)NC(Cc1cnc[nH]1)C(=O)NC(CCCN=C(N)N)C(=O)O. The number of imidazole rings is 1. The van der Waals surface area contributed by atoms with Crippen molar-refractivity contribution in [2.24, 2.45) is 34.0 Å². The first-order chi connectivity index (χ1) is 17.4. The fourth-order valence-electron chi connectivity index (χ4n) is 3.37. The van der Waals surface area contributed by atoms with Gasteiger partial charge in [-0.25, -0.2) is 9.78 Å². The minimum atomic E-state index is -1.24. The van der Waals surface area contributed by atoms with Crippen LogP contribution in [0.5, 0.6) is 0 Å². The highest BCUT2D eigenvalue weighted by Crippen LogP contribution is 2.11. The van der Waals surface area contributed by atoms with E-state index in [4.69, 9.17) is 17.2 Å². The number of carboxylic acids is 1. The molecule has 3 amide bonds. The summed E-state index contributed by atoms with van der Waals surface area (Å²) in [4.78, 5) is 61.3. The maximum Gasteiger partial charge on any atom is 0.326 e. The Hall–Kier alpha value is -3.68. The number of rotatable bonds is 16. The number of hydrogen-bond acceptors (Lipinski definition) is 7. The van der Waals surface area contributed by atoms with Crippen molar-refractivity contribution in [3.8, 4) is 0 Å². The van der Waals surface area contributed by atoms with Gasteiger partial charge < -0.3 is 43.2 Å². The molecule has 208 valence electrons. The highest BCUT2D eigenvalue weighted by atomic mass is 16.4. The van der Waals surface area contributed by atoms with Crippen molar-refractivity contribution in [1.82, 2.24) is 25.9 Å². The number of aromatic amines is 1. The molecule has 1 heterocycles. The lowest BCUT2D eigenvalue weighted by Gasteiger charge is -2.28. The number of hydrogen-bond donors (Lipinski definition) is 8. The average Bonchev–Trinajstić information content (AvgIpc) is 3.35. The molecule has 0 aromatic carbocycles. The molecule has 0 spiro atoms. The van der Waals surface area contributed by atoms with Crippen LogP contribution in [0, 0.1) is 11.8 Å². The topological polar surface area (TPSA) is 244 Å². The lowest BCUT2D eigenvalue weighted by Crippen LogP contribution is -2.59. The smallest absolute Gasteiger partial charge is 0.326 e. The number of aliphatic carboxylic acids is 1. The van der Waals surface area contributed by atoms with Gasteiger partial charge in [0, 0.05) is 24.9 Å². The molecule has 0 saturated heterocycles. The minimum Gasteiger partial charge on any atom is -0.480 e. The summed E-state index contributed by atoms with van der Waals surface area (Å²) in [5.74, 6) is -3.52. The average molecular weight is 524 g/mol. The normalized spacial score (nSPS) is 15.1. The van der Waals surface area contributed by atoms with Crippen LogP contribution in [0.4, 0.5) is 0 Å². The molecule has 14 heteroatoms. The van der Waals surface area contributed by atoms with Crippen molar-refractivity contribution >= 4 is 29.7 Å². The van der Waals surface area contributed by atoms with Gasteiger partial charge in [-0.3, -0.25) is 19.4 Å². The van der Waals surface area contributed by atoms with Gasteiger partial charge in [-0.05, 0) is 24.7 Å². The van der Waals surface area contributed by atoms with Crippen LogP contribution in [0.3, 0.4) is 0 Å². The molecular formula is C23H41N9O5. The van der Waals surface area contributed by atoms with Crippen molar-refractivity contribution in [2.75, 3.05) is 6.54 Å². The summed E-state index contributed by atoms with van der Waals surface area (Å²) < 4.78 is 0. The molecule has 5 atom stereocenters. The monoisotopic (exact) mass is 523 g/mol. The van der Waals surface area contributed by atoms with Crippen molar-refractivity contribution in [3.05, 3.63) is 18.2 Å². The van der Waals surface area contributed by atoms with E-state index in [1.807, 2.05) is 6.92 Å². The molecular weight excluding hydrogens is 482 g/mol. The van der Waals surface area contributed by atoms with Crippen molar-refractivity contribution in [2.45, 2.75) is 77.5 Å². The van der Waals surface area contributed by atoms with Crippen LogP contribution < -0.4 is 33.2 Å². The first-order valence-corrected chi connectivity index (χ1v) is 12.3. The van der Waals surface area contributed by atoms with Gasteiger partial charge in [-0.1, -0.05) is 34.1 Å². The summed E-state index contributed by atoms with van der Waals surface area (Å²) in [5.41, 5.74) is 17.0. The van der Waals surface area contributed by atoms with Crippen molar-refractivity contribution in [1.29, 1.82) is 0 Å². The van der Waals surface area contributed by atoms with Gasteiger partial charge in [-0.15, -0.1) is 0 Å². The number of carbonyl (C=O) groups is 4. The summed E-state index contributed by atoms with van der Waals surface area (Å²) in [6, 6.07) is -4.13. The summed E-state index contributed by atoms with van der Waals surface area (Å²) in [5, 5.41) is 17.4. The molecule has 37 heavy (non-hydrogen) atoms. The lowest BCUT2D eigenvalue weighted by molar-refractivity contribution is -0.142. The highest BCUT2D eigenvalue weighted by molar-refractivity contribution is 5.94. The molecule has 0 fully saturated rings.